The van der Waals surface area contributed by atoms with Gasteiger partial charge in [-0.3, -0.25) is 14.4 Å². The van der Waals surface area contributed by atoms with Gasteiger partial charge in [0.1, 0.15) is 17.7 Å². The van der Waals surface area contributed by atoms with Crippen LogP contribution in [0.3, 0.4) is 0 Å². The van der Waals surface area contributed by atoms with Crippen molar-refractivity contribution >= 4 is 40.7 Å². The third-order valence-electron chi connectivity index (χ3n) is 5.41. The highest BCUT2D eigenvalue weighted by atomic mass is 16.6. The van der Waals surface area contributed by atoms with Gasteiger partial charge in [0.15, 0.2) is 0 Å². The molecule has 1 aromatic heterocycles. The molecule has 0 fully saturated rings. The smallest absolute Gasteiger partial charge is 0.372 e. The molecule has 1 aromatic carbocycles. The molecule has 0 spiro atoms. The molecule has 2 amide bonds. The van der Waals surface area contributed by atoms with Gasteiger partial charge in [-0.15, -0.1) is 0 Å². The number of fused-ring (bicyclic) bond motifs is 1. The van der Waals surface area contributed by atoms with Gasteiger partial charge in [-0.25, -0.2) is 4.79 Å². The van der Waals surface area contributed by atoms with Gasteiger partial charge < -0.3 is 24.8 Å². The number of para-hydroxylation sites is 1. The van der Waals surface area contributed by atoms with Crippen LogP contribution in [0.1, 0.15) is 39.2 Å². The lowest BCUT2D eigenvalue weighted by Gasteiger charge is -2.26. The van der Waals surface area contributed by atoms with E-state index in [9.17, 15) is 19.2 Å². The van der Waals surface area contributed by atoms with Crippen LogP contribution in [0.25, 0.3) is 10.9 Å². The zero-order chi connectivity index (χ0) is 27.8. The van der Waals surface area contributed by atoms with Gasteiger partial charge in [0.2, 0.25) is 17.6 Å². The van der Waals surface area contributed by atoms with Crippen LogP contribution in [0.4, 0.5) is 0 Å². The second-order valence-corrected chi connectivity index (χ2v) is 10.2. The quantitative estimate of drug-likeness (QED) is 0.168. The molecule has 3 N–H and O–H groups in total. The SMILES string of the molecule is CN(C)CC(=O)N[C@@H](Cc1cn(C)c2ccccc12)C(=O)N[C@@H](CCC(=O)C=[N+]=N)C(=O)OC(C)(C)C. The number of carbonyl (C=O) groups is 4. The molecule has 0 aliphatic rings. The van der Waals surface area contributed by atoms with Crippen molar-refractivity contribution in [1.29, 1.82) is 5.53 Å². The van der Waals surface area contributed by atoms with Crippen LogP contribution in [-0.2, 0) is 37.4 Å². The lowest BCUT2D eigenvalue weighted by molar-refractivity contribution is -0.159. The van der Waals surface area contributed by atoms with Crippen molar-refractivity contribution in [2.24, 2.45) is 7.05 Å². The summed E-state index contributed by atoms with van der Waals surface area (Å²) >= 11 is 0. The third kappa shape index (κ3) is 9.29. The fourth-order valence-electron chi connectivity index (χ4n) is 3.86. The molecule has 2 atom stereocenters. The molecule has 0 aliphatic heterocycles. The van der Waals surface area contributed by atoms with Gasteiger partial charge in [0.05, 0.1) is 16.9 Å². The number of nitrogens with one attached hydrogen (secondary N) is 3. The van der Waals surface area contributed by atoms with Gasteiger partial charge in [-0.1, -0.05) is 18.2 Å². The first-order valence-electron chi connectivity index (χ1n) is 12.0. The van der Waals surface area contributed by atoms with Crippen LogP contribution < -0.4 is 10.6 Å². The summed E-state index contributed by atoms with van der Waals surface area (Å²) in [6, 6.07) is 5.64. The topological polar surface area (TPSA) is 148 Å². The molecule has 200 valence electrons. The monoisotopic (exact) mass is 513 g/mol. The zero-order valence-electron chi connectivity index (χ0n) is 22.3. The summed E-state index contributed by atoms with van der Waals surface area (Å²) in [4.78, 5) is 55.5. The Morgan fingerprint density at radius 2 is 1.81 bits per heavy atom. The fourth-order valence-corrected chi connectivity index (χ4v) is 3.86. The van der Waals surface area contributed by atoms with Crippen LogP contribution in [0.5, 0.6) is 0 Å². The van der Waals surface area contributed by atoms with E-state index in [4.69, 9.17) is 10.3 Å². The number of hydrogen-bond acceptors (Lipinski definition) is 7. The highest BCUT2D eigenvalue weighted by Crippen LogP contribution is 2.22. The van der Waals surface area contributed by atoms with Gasteiger partial charge in [0.25, 0.3) is 0 Å². The largest absolute Gasteiger partial charge is 0.458 e. The summed E-state index contributed by atoms with van der Waals surface area (Å²) in [7, 11) is 5.39. The molecule has 1 heterocycles. The lowest BCUT2D eigenvalue weighted by Crippen LogP contribution is -2.54. The zero-order valence-corrected chi connectivity index (χ0v) is 22.3. The average molecular weight is 514 g/mol. The maximum absolute atomic E-state index is 13.5. The minimum absolute atomic E-state index is 0.0435. The Morgan fingerprint density at radius 3 is 2.43 bits per heavy atom. The fraction of sp³-hybridized carbons (Fsp3) is 0.500. The van der Waals surface area contributed by atoms with Crippen molar-refractivity contribution in [3.05, 3.63) is 36.0 Å². The number of likely N-dealkylation sites (N-methyl/N-ethyl adjacent to an activating group) is 1. The Morgan fingerprint density at radius 1 is 1.14 bits per heavy atom. The standard InChI is InChI=1S/C26H36N6O5/c1-26(2,3)37-25(36)20(12-11-18(33)14-28-27)30-24(35)21(29-23(34)16-31(4)5)13-17-15-32(6)22-10-8-7-9-19(17)22/h7-10,14-15,20-21,27H,11-13,16H2,1-6H3,(H-,29,30,34,35)/p+1/t20-,21-/m0/s1. The normalized spacial score (nSPS) is 12.9. The molecule has 0 saturated carbocycles. The maximum Gasteiger partial charge on any atom is 0.372 e. The van der Waals surface area contributed by atoms with E-state index in [1.165, 1.54) is 0 Å². The van der Waals surface area contributed by atoms with Crippen LogP contribution in [0.2, 0.25) is 0 Å². The molecule has 11 nitrogen and oxygen atoms in total. The van der Waals surface area contributed by atoms with Crippen molar-refractivity contribution in [2.75, 3.05) is 20.6 Å². The second kappa shape index (κ2) is 12.9. The van der Waals surface area contributed by atoms with Crippen LogP contribution in [-0.4, -0.2) is 82.4 Å². The second-order valence-electron chi connectivity index (χ2n) is 10.2. The number of benzene rings is 1. The number of rotatable bonds is 12. The number of nitrogens with zero attached hydrogens (tertiary/aromatic N) is 3. The van der Waals surface area contributed by atoms with Crippen molar-refractivity contribution in [3.63, 3.8) is 0 Å². The number of aryl methyl sites for hydroxylation is 1. The van der Waals surface area contributed by atoms with Gasteiger partial charge >= 0.3 is 12.2 Å². The van der Waals surface area contributed by atoms with E-state index >= 15 is 0 Å². The van der Waals surface area contributed by atoms with E-state index in [2.05, 4.69) is 15.4 Å². The van der Waals surface area contributed by atoms with Crippen molar-refractivity contribution in [3.8, 4) is 0 Å². The highest BCUT2D eigenvalue weighted by Gasteiger charge is 2.31. The number of esters is 1. The van der Waals surface area contributed by atoms with Crippen molar-refractivity contribution in [2.45, 2.75) is 57.7 Å². The van der Waals surface area contributed by atoms with E-state index in [1.807, 2.05) is 42.1 Å². The Balaban J connectivity index is 2.33. The molecular formula is C26H37N6O5+. The molecule has 2 rings (SSSR count). The molecular weight excluding hydrogens is 476 g/mol. The number of hydrogen-bond donors (Lipinski definition) is 3. The molecule has 37 heavy (non-hydrogen) atoms. The Bertz CT molecular complexity index is 1190. The number of Topliss-reactive ketones (excluding diaryl/α,β-unsaturated/α-hetero) is 1. The maximum atomic E-state index is 13.5. The van der Waals surface area contributed by atoms with Crippen LogP contribution >= 0.6 is 0 Å². The molecule has 0 bridgehead atoms. The summed E-state index contributed by atoms with van der Waals surface area (Å²) in [6.07, 6.45) is 2.79. The van der Waals surface area contributed by atoms with Gasteiger partial charge in [-0.05, 0) is 52.9 Å². The van der Waals surface area contributed by atoms with Gasteiger partial charge in [-0.2, -0.15) is 0 Å². The number of amides is 2. The average Bonchev–Trinajstić information content (AvgIpc) is 3.10. The summed E-state index contributed by atoms with van der Waals surface area (Å²) in [6.45, 7) is 5.18. The molecule has 0 saturated heterocycles. The molecule has 2 aromatic rings. The van der Waals surface area contributed by atoms with Crippen molar-refractivity contribution in [1.82, 2.24) is 20.1 Å². The molecule has 11 heteroatoms. The summed E-state index contributed by atoms with van der Waals surface area (Å²) < 4.78 is 7.40. The predicted octanol–water partition coefficient (Wildman–Crippen LogP) is 1.25. The van der Waals surface area contributed by atoms with E-state index in [1.54, 1.807) is 39.8 Å². The van der Waals surface area contributed by atoms with E-state index in [0.29, 0.717) is 0 Å². The summed E-state index contributed by atoms with van der Waals surface area (Å²) in [5.74, 6) is -2.07. The van der Waals surface area contributed by atoms with Crippen LogP contribution in [0.15, 0.2) is 30.5 Å². The third-order valence-corrected chi connectivity index (χ3v) is 5.41. The van der Waals surface area contributed by atoms with E-state index in [0.717, 1.165) is 22.7 Å². The van der Waals surface area contributed by atoms with Crippen LogP contribution in [0, 0.1) is 5.53 Å². The highest BCUT2D eigenvalue weighted by molar-refractivity contribution is 6.25. The molecule has 0 radical (unpaired) electrons. The lowest BCUT2D eigenvalue weighted by atomic mass is 10.0. The van der Waals surface area contributed by atoms with Gasteiger partial charge in [0, 0.05) is 37.0 Å². The molecule has 0 aliphatic carbocycles. The predicted molar refractivity (Wildman–Crippen MR) is 138 cm³/mol. The Labute approximate surface area is 216 Å². The Hall–Kier alpha value is -3.82. The summed E-state index contributed by atoms with van der Waals surface area (Å²) in [5.41, 5.74) is 7.85. The number of ether oxygens (including phenoxy) is 1. The van der Waals surface area contributed by atoms with E-state index < -0.39 is 35.3 Å². The summed E-state index contributed by atoms with van der Waals surface area (Å²) in [5, 5.41) is 6.41. The number of carbonyl (C=O) groups excluding carboxylic acids is 4. The van der Waals surface area contributed by atoms with E-state index in [-0.39, 0.29) is 31.7 Å². The first-order chi connectivity index (χ1) is 17.3. The first kappa shape index (κ1) is 29.4. The minimum Gasteiger partial charge on any atom is -0.458 e. The first-order valence-corrected chi connectivity index (χ1v) is 12.0. The number of ketones is 1. The minimum atomic E-state index is -1.13. The van der Waals surface area contributed by atoms with Crippen molar-refractivity contribution < 1.29 is 28.7 Å². The Kier molecular flexibility index (Phi) is 10.3. The molecule has 0 unspecified atom stereocenters. The number of aromatic nitrogens is 1.